The average molecular weight is 442 g/mol. The summed E-state index contributed by atoms with van der Waals surface area (Å²) >= 11 is 0. The Bertz CT molecular complexity index is 1430. The maximum Gasteiger partial charge on any atom is 0.414 e. The van der Waals surface area contributed by atoms with Crippen molar-refractivity contribution in [2.45, 2.75) is 19.6 Å². The van der Waals surface area contributed by atoms with Gasteiger partial charge in [-0.05, 0) is 49.2 Å². The number of nitrogens with zero attached hydrogens (tertiary/aromatic N) is 2. The Balaban J connectivity index is 1.70. The number of aliphatic hydroxyl groups is 1. The summed E-state index contributed by atoms with van der Waals surface area (Å²) in [6.45, 7) is 3.85. The Morgan fingerprint density at radius 3 is 2.70 bits per heavy atom. The molecular formula is C25H22N4O4. The number of aryl methyl sites for hydroxylation is 2. The number of hydrogen-bond donors (Lipinski definition) is 3. The van der Waals surface area contributed by atoms with E-state index in [2.05, 4.69) is 15.3 Å². The standard InChI is InChI=1S/C25H22N4O4/c1-14-8-9-15(2)21(12-14)29-22(30)17-6-4-5-7-18(17)25(29,32)16-10-11-19-20(13-16)28-23(27-19)33-24(31)26-3/h4-13,32H,1-3H3,(H,26,31)(H,27,28). The lowest BCUT2D eigenvalue weighted by Crippen LogP contribution is -2.45. The summed E-state index contributed by atoms with van der Waals surface area (Å²) in [4.78, 5) is 33.7. The van der Waals surface area contributed by atoms with E-state index < -0.39 is 11.8 Å². The van der Waals surface area contributed by atoms with Crippen LogP contribution in [0.5, 0.6) is 6.01 Å². The molecule has 1 atom stereocenters. The molecule has 33 heavy (non-hydrogen) atoms. The van der Waals surface area contributed by atoms with Crippen LogP contribution in [-0.2, 0) is 5.72 Å². The highest BCUT2D eigenvalue weighted by Crippen LogP contribution is 2.46. The summed E-state index contributed by atoms with van der Waals surface area (Å²) in [7, 11) is 1.45. The topological polar surface area (TPSA) is 108 Å². The summed E-state index contributed by atoms with van der Waals surface area (Å²) < 4.78 is 5.09. The molecule has 5 rings (SSSR count). The molecule has 2 amide bonds. The molecule has 1 aliphatic rings. The number of aromatic nitrogens is 2. The molecule has 0 aliphatic carbocycles. The second-order valence-electron chi connectivity index (χ2n) is 8.06. The van der Waals surface area contributed by atoms with Gasteiger partial charge in [-0.2, -0.15) is 4.98 Å². The molecule has 0 saturated heterocycles. The fourth-order valence-corrected chi connectivity index (χ4v) is 4.28. The highest BCUT2D eigenvalue weighted by atomic mass is 16.6. The van der Waals surface area contributed by atoms with Crippen LogP contribution in [0.1, 0.15) is 32.6 Å². The summed E-state index contributed by atoms with van der Waals surface area (Å²) in [5, 5.41) is 14.6. The number of amides is 2. The van der Waals surface area contributed by atoms with Gasteiger partial charge in [0.1, 0.15) is 0 Å². The highest BCUT2D eigenvalue weighted by molar-refractivity contribution is 6.12. The number of nitrogens with one attached hydrogen (secondary N) is 2. The normalized spacial score (nSPS) is 17.3. The zero-order valence-corrected chi connectivity index (χ0v) is 18.3. The number of aromatic amines is 1. The molecule has 1 aromatic heterocycles. The van der Waals surface area contributed by atoms with Crippen molar-refractivity contribution in [3.8, 4) is 6.01 Å². The molecule has 166 valence electrons. The largest absolute Gasteiger partial charge is 0.414 e. The number of imidazole rings is 1. The Hall–Kier alpha value is -4.17. The number of rotatable bonds is 3. The van der Waals surface area contributed by atoms with Gasteiger partial charge in [0.25, 0.3) is 5.91 Å². The number of carbonyl (C=O) groups excluding carboxylic acids is 2. The molecule has 3 aromatic carbocycles. The Morgan fingerprint density at radius 1 is 1.12 bits per heavy atom. The Morgan fingerprint density at radius 2 is 1.91 bits per heavy atom. The van der Waals surface area contributed by atoms with E-state index >= 15 is 0 Å². The summed E-state index contributed by atoms with van der Waals surface area (Å²) in [6.07, 6.45) is -0.649. The zero-order valence-electron chi connectivity index (χ0n) is 18.3. The smallest absolute Gasteiger partial charge is 0.375 e. The van der Waals surface area contributed by atoms with E-state index in [0.29, 0.717) is 33.4 Å². The molecule has 4 aromatic rings. The number of carbonyl (C=O) groups is 2. The lowest BCUT2D eigenvalue weighted by Gasteiger charge is -2.36. The van der Waals surface area contributed by atoms with Gasteiger partial charge in [0.2, 0.25) is 0 Å². The molecule has 0 spiro atoms. The SMILES string of the molecule is CNC(=O)Oc1nc2ccc(C3(O)c4ccccc4C(=O)N3c3cc(C)ccc3C)cc2[nH]1. The molecule has 1 aliphatic heterocycles. The first kappa shape index (κ1) is 20.7. The van der Waals surface area contributed by atoms with Crippen LogP contribution >= 0.6 is 0 Å². The van der Waals surface area contributed by atoms with Gasteiger partial charge in [-0.3, -0.25) is 9.69 Å². The maximum atomic E-state index is 13.6. The van der Waals surface area contributed by atoms with Crippen LogP contribution in [0.15, 0.2) is 60.7 Å². The van der Waals surface area contributed by atoms with Gasteiger partial charge in [-0.15, -0.1) is 0 Å². The molecule has 1 unspecified atom stereocenters. The van der Waals surface area contributed by atoms with E-state index in [4.69, 9.17) is 4.74 Å². The molecule has 0 radical (unpaired) electrons. The van der Waals surface area contributed by atoms with E-state index in [0.717, 1.165) is 11.1 Å². The predicted molar refractivity (Wildman–Crippen MR) is 123 cm³/mol. The fourth-order valence-electron chi connectivity index (χ4n) is 4.28. The first-order valence-corrected chi connectivity index (χ1v) is 10.5. The summed E-state index contributed by atoms with van der Waals surface area (Å²) in [5.41, 5.74) is 3.25. The molecule has 8 nitrogen and oxygen atoms in total. The fraction of sp³-hybridized carbons (Fsp3) is 0.160. The van der Waals surface area contributed by atoms with Gasteiger partial charge in [-0.1, -0.05) is 36.4 Å². The molecule has 0 saturated carbocycles. The third-order valence-corrected chi connectivity index (χ3v) is 5.92. The second kappa shape index (κ2) is 7.46. The average Bonchev–Trinajstić information content (AvgIpc) is 3.31. The van der Waals surface area contributed by atoms with E-state index in [9.17, 15) is 14.7 Å². The number of ether oxygens (including phenoxy) is 1. The van der Waals surface area contributed by atoms with Crippen molar-refractivity contribution < 1.29 is 19.4 Å². The summed E-state index contributed by atoms with van der Waals surface area (Å²) in [5.74, 6) is -0.282. The maximum absolute atomic E-state index is 13.6. The molecule has 8 heteroatoms. The van der Waals surface area contributed by atoms with Crippen LogP contribution in [0.2, 0.25) is 0 Å². The second-order valence-corrected chi connectivity index (χ2v) is 8.06. The van der Waals surface area contributed by atoms with Crippen LogP contribution in [0, 0.1) is 13.8 Å². The van der Waals surface area contributed by atoms with Gasteiger partial charge in [0.05, 0.1) is 16.7 Å². The van der Waals surface area contributed by atoms with Crippen molar-refractivity contribution in [3.05, 3.63) is 88.5 Å². The quantitative estimate of drug-likeness (QED) is 0.448. The van der Waals surface area contributed by atoms with E-state index in [1.165, 1.54) is 11.9 Å². The van der Waals surface area contributed by atoms with E-state index in [-0.39, 0.29) is 11.9 Å². The van der Waals surface area contributed by atoms with Gasteiger partial charge in [-0.25, -0.2) is 4.79 Å². The van der Waals surface area contributed by atoms with Crippen LogP contribution < -0.4 is 15.0 Å². The predicted octanol–water partition coefficient (Wildman–Crippen LogP) is 3.75. The monoisotopic (exact) mass is 442 g/mol. The van der Waals surface area contributed by atoms with Gasteiger partial charge >= 0.3 is 12.1 Å². The summed E-state index contributed by atoms with van der Waals surface area (Å²) in [6, 6.07) is 18.0. The van der Waals surface area contributed by atoms with Crippen molar-refractivity contribution in [3.63, 3.8) is 0 Å². The van der Waals surface area contributed by atoms with Crippen molar-refractivity contribution in [2.75, 3.05) is 11.9 Å². The minimum atomic E-state index is -1.74. The zero-order chi connectivity index (χ0) is 23.3. The molecule has 3 N–H and O–H groups in total. The van der Waals surface area contributed by atoms with Crippen molar-refractivity contribution in [1.29, 1.82) is 0 Å². The minimum Gasteiger partial charge on any atom is -0.375 e. The third-order valence-electron chi connectivity index (χ3n) is 5.92. The van der Waals surface area contributed by atoms with Gasteiger partial charge in [0, 0.05) is 23.7 Å². The van der Waals surface area contributed by atoms with Crippen LogP contribution in [0.4, 0.5) is 10.5 Å². The number of anilines is 1. The number of hydrogen-bond acceptors (Lipinski definition) is 5. The molecule has 0 fully saturated rings. The molecule has 2 heterocycles. The van der Waals surface area contributed by atoms with Crippen molar-refractivity contribution in [1.82, 2.24) is 15.3 Å². The molecular weight excluding hydrogens is 420 g/mol. The van der Waals surface area contributed by atoms with Crippen LogP contribution in [0.3, 0.4) is 0 Å². The lowest BCUT2D eigenvalue weighted by molar-refractivity contribution is 0.0703. The van der Waals surface area contributed by atoms with Crippen LogP contribution in [-0.4, -0.2) is 34.1 Å². The number of benzene rings is 3. The van der Waals surface area contributed by atoms with E-state index in [1.807, 2.05) is 32.0 Å². The minimum absolute atomic E-state index is 0.0303. The number of H-pyrrole nitrogens is 1. The van der Waals surface area contributed by atoms with Gasteiger partial charge < -0.3 is 20.1 Å². The highest BCUT2D eigenvalue weighted by Gasteiger charge is 2.51. The van der Waals surface area contributed by atoms with Crippen LogP contribution in [0.25, 0.3) is 11.0 Å². The Labute approximate surface area is 189 Å². The third kappa shape index (κ3) is 3.15. The Kier molecular flexibility index (Phi) is 4.68. The van der Waals surface area contributed by atoms with Crippen molar-refractivity contribution in [2.24, 2.45) is 0 Å². The van der Waals surface area contributed by atoms with Crippen molar-refractivity contribution >= 4 is 28.7 Å². The van der Waals surface area contributed by atoms with E-state index in [1.54, 1.807) is 42.5 Å². The lowest BCUT2D eigenvalue weighted by atomic mass is 9.93. The number of fused-ring (bicyclic) bond motifs is 2. The molecule has 0 bridgehead atoms. The first-order valence-electron chi connectivity index (χ1n) is 10.5. The van der Waals surface area contributed by atoms with Gasteiger partial charge in [0.15, 0.2) is 5.72 Å². The first-order chi connectivity index (χ1) is 15.8.